The topological polar surface area (TPSA) is 100 Å². The lowest BCUT2D eigenvalue weighted by atomic mass is 10.1. The normalized spacial score (nSPS) is 10.9. The first-order valence-corrected chi connectivity index (χ1v) is 12.8. The Balaban J connectivity index is 1.95. The van der Waals surface area contributed by atoms with Crippen LogP contribution >= 0.6 is 50.7 Å². The largest absolute Gasteiger partial charge is 0.465 e. The van der Waals surface area contributed by atoms with Crippen molar-refractivity contribution in [1.29, 1.82) is 0 Å². The molecule has 35 heavy (non-hydrogen) atoms. The van der Waals surface area contributed by atoms with Crippen LogP contribution in [0.25, 0.3) is 5.82 Å². The van der Waals surface area contributed by atoms with Crippen molar-refractivity contribution in [3.8, 4) is 5.82 Å². The highest BCUT2D eigenvalue weighted by molar-refractivity contribution is 9.10. The summed E-state index contributed by atoms with van der Waals surface area (Å²) < 4.78 is 1.67. The molecule has 0 atom stereocenters. The smallest absolute Gasteiger partial charge is 0.411 e. The summed E-state index contributed by atoms with van der Waals surface area (Å²) in [5.74, 6) is -0.338. The highest BCUT2D eigenvalue weighted by atomic mass is 79.9. The minimum absolute atomic E-state index is 0.0964. The molecule has 0 saturated carbocycles. The lowest BCUT2D eigenvalue weighted by Gasteiger charge is -2.23. The Labute approximate surface area is 226 Å². The molecule has 0 aliphatic carbocycles. The van der Waals surface area contributed by atoms with Crippen molar-refractivity contribution in [1.82, 2.24) is 14.8 Å². The van der Waals surface area contributed by atoms with Crippen LogP contribution in [-0.4, -0.2) is 38.4 Å². The average Bonchev–Trinajstić information content (AvgIpc) is 3.19. The Kier molecular flexibility index (Phi) is 9.80. The number of carbonyl (C=O) groups excluding carboxylic acids is 1. The van der Waals surface area contributed by atoms with Crippen molar-refractivity contribution < 1.29 is 14.7 Å². The minimum Gasteiger partial charge on any atom is -0.465 e. The number of pyridine rings is 1. The molecule has 2 N–H and O–H groups in total. The maximum atomic E-state index is 13.3. The van der Waals surface area contributed by atoms with Crippen LogP contribution in [0.5, 0.6) is 0 Å². The van der Waals surface area contributed by atoms with Crippen molar-refractivity contribution in [3.05, 3.63) is 61.9 Å². The van der Waals surface area contributed by atoms with Crippen LogP contribution in [-0.2, 0) is 0 Å². The third-order valence-corrected chi connectivity index (χ3v) is 6.33. The average molecular weight is 604 g/mol. The predicted molar refractivity (Wildman–Crippen MR) is 143 cm³/mol. The number of carboxylic acid groups (broad SMARTS) is 1. The molecule has 0 spiro atoms. The third-order valence-electron chi connectivity index (χ3n) is 5.13. The van der Waals surface area contributed by atoms with Crippen LogP contribution in [0.4, 0.5) is 16.2 Å². The summed E-state index contributed by atoms with van der Waals surface area (Å²) in [5, 5.41) is 17.5. The second kappa shape index (κ2) is 12.6. The maximum absolute atomic E-state index is 13.3. The number of hydrogen-bond acceptors (Lipinski definition) is 4. The van der Waals surface area contributed by atoms with Crippen molar-refractivity contribution >= 4 is 74.1 Å². The van der Waals surface area contributed by atoms with Crippen LogP contribution in [0.3, 0.4) is 0 Å². The molecule has 0 radical (unpaired) electrons. The van der Waals surface area contributed by atoms with Gasteiger partial charge in [0.15, 0.2) is 5.82 Å². The van der Waals surface area contributed by atoms with Gasteiger partial charge in [-0.1, -0.05) is 67.4 Å². The quantitative estimate of drug-likeness (QED) is 0.231. The summed E-state index contributed by atoms with van der Waals surface area (Å²) in [6.45, 7) is 2.34. The number of nitrogens with zero attached hydrogens (tertiary/aromatic N) is 4. The molecule has 1 aromatic carbocycles. The summed E-state index contributed by atoms with van der Waals surface area (Å²) in [6.07, 6.45) is 5.06. The molecule has 0 unspecified atom stereocenters. The molecule has 186 valence electrons. The fraction of sp³-hybridized carbons (Fsp3) is 0.304. The highest BCUT2D eigenvalue weighted by Crippen LogP contribution is 2.37. The first kappa shape index (κ1) is 27.3. The molecule has 3 rings (SSSR count). The van der Waals surface area contributed by atoms with Gasteiger partial charge in [0.25, 0.3) is 5.91 Å². The number of hydrogen-bond donors (Lipinski definition) is 2. The maximum Gasteiger partial charge on any atom is 0.411 e. The van der Waals surface area contributed by atoms with E-state index in [1.54, 1.807) is 12.1 Å². The van der Waals surface area contributed by atoms with Crippen LogP contribution in [0.15, 0.2) is 41.1 Å². The van der Waals surface area contributed by atoms with Crippen LogP contribution in [0.1, 0.15) is 49.5 Å². The van der Waals surface area contributed by atoms with Gasteiger partial charge in [-0.3, -0.25) is 9.69 Å². The number of aromatic nitrogens is 3. The first-order valence-electron chi connectivity index (χ1n) is 10.9. The van der Waals surface area contributed by atoms with Crippen LogP contribution in [0, 0.1) is 0 Å². The van der Waals surface area contributed by atoms with Gasteiger partial charge < -0.3 is 10.4 Å². The number of unbranched alkanes of at least 4 members (excludes halogenated alkanes) is 4. The van der Waals surface area contributed by atoms with Crippen LogP contribution < -0.4 is 10.2 Å². The minimum atomic E-state index is -1.18. The fourth-order valence-electron chi connectivity index (χ4n) is 3.48. The lowest BCUT2D eigenvalue weighted by molar-refractivity contribution is 0.101. The van der Waals surface area contributed by atoms with Crippen molar-refractivity contribution in [2.75, 3.05) is 16.8 Å². The van der Waals surface area contributed by atoms with E-state index in [0.29, 0.717) is 16.0 Å². The summed E-state index contributed by atoms with van der Waals surface area (Å²) >= 11 is 22.1. The molecular weight excluding hydrogens is 581 g/mol. The van der Waals surface area contributed by atoms with Gasteiger partial charge in [0.05, 0.1) is 21.4 Å². The lowest BCUT2D eigenvalue weighted by Crippen LogP contribution is -2.31. The van der Waals surface area contributed by atoms with Crippen molar-refractivity contribution in [2.24, 2.45) is 0 Å². The van der Waals surface area contributed by atoms with E-state index < -0.39 is 12.0 Å². The molecule has 0 bridgehead atoms. The van der Waals surface area contributed by atoms with Crippen molar-refractivity contribution in [3.63, 3.8) is 0 Å². The molecular formula is C23H23BrCl3N5O3. The monoisotopic (exact) mass is 601 g/mol. The van der Waals surface area contributed by atoms with Gasteiger partial charge in [0.2, 0.25) is 0 Å². The summed E-state index contributed by atoms with van der Waals surface area (Å²) in [7, 11) is 0. The molecule has 0 aliphatic heterocycles. The Morgan fingerprint density at radius 3 is 2.54 bits per heavy atom. The summed E-state index contributed by atoms with van der Waals surface area (Å²) in [4.78, 5) is 30.8. The summed E-state index contributed by atoms with van der Waals surface area (Å²) in [5.41, 5.74) is 0.406. The Hall–Kier alpha value is -2.33. The van der Waals surface area contributed by atoms with Gasteiger partial charge in [0, 0.05) is 23.8 Å². The molecule has 8 nitrogen and oxygen atoms in total. The van der Waals surface area contributed by atoms with E-state index in [1.165, 1.54) is 29.1 Å². The number of nitrogens with one attached hydrogen (secondary N) is 1. The Bertz CT molecular complexity index is 1220. The van der Waals surface area contributed by atoms with Gasteiger partial charge in [-0.15, -0.1) is 0 Å². The number of carbonyl (C=O) groups is 2. The number of benzene rings is 1. The fourth-order valence-corrected chi connectivity index (χ4v) is 4.58. The number of amides is 2. The Morgan fingerprint density at radius 2 is 1.86 bits per heavy atom. The van der Waals surface area contributed by atoms with E-state index in [9.17, 15) is 14.7 Å². The number of anilines is 2. The third kappa shape index (κ3) is 6.88. The molecule has 0 saturated heterocycles. The zero-order valence-electron chi connectivity index (χ0n) is 18.8. The van der Waals surface area contributed by atoms with Gasteiger partial charge in [0.1, 0.15) is 10.3 Å². The highest BCUT2D eigenvalue weighted by Gasteiger charge is 2.25. The Morgan fingerprint density at radius 1 is 1.11 bits per heavy atom. The SMILES string of the molecule is CCCCCCCN(C(=O)O)c1cc(Cl)cc(Cl)c1NC(=O)c1cc(Br)nn1-c1ncccc1Cl. The number of halogens is 4. The molecule has 2 amide bonds. The van der Waals surface area contributed by atoms with Crippen LogP contribution in [0.2, 0.25) is 15.1 Å². The summed E-state index contributed by atoms with van der Waals surface area (Å²) in [6, 6.07) is 7.68. The predicted octanol–water partition coefficient (Wildman–Crippen LogP) is 7.70. The molecule has 2 heterocycles. The van der Waals surface area contributed by atoms with Gasteiger partial charge >= 0.3 is 6.09 Å². The number of rotatable bonds is 10. The van der Waals surface area contributed by atoms with Gasteiger partial charge in [-0.05, 0) is 46.6 Å². The van der Waals surface area contributed by atoms with E-state index in [4.69, 9.17) is 34.8 Å². The second-order valence-electron chi connectivity index (χ2n) is 7.66. The van der Waals surface area contributed by atoms with E-state index in [0.717, 1.165) is 30.6 Å². The first-order chi connectivity index (χ1) is 16.7. The van der Waals surface area contributed by atoms with E-state index in [-0.39, 0.29) is 39.5 Å². The van der Waals surface area contributed by atoms with E-state index in [1.807, 2.05) is 0 Å². The zero-order chi connectivity index (χ0) is 25.5. The molecule has 12 heteroatoms. The van der Waals surface area contributed by atoms with Crippen molar-refractivity contribution in [2.45, 2.75) is 39.0 Å². The van der Waals surface area contributed by atoms with Gasteiger partial charge in [-0.2, -0.15) is 5.10 Å². The zero-order valence-corrected chi connectivity index (χ0v) is 22.6. The second-order valence-corrected chi connectivity index (χ2v) is 9.72. The molecule has 3 aromatic rings. The van der Waals surface area contributed by atoms with E-state index in [2.05, 4.69) is 38.3 Å². The molecule has 0 aliphatic rings. The molecule has 0 fully saturated rings. The van der Waals surface area contributed by atoms with Gasteiger partial charge in [-0.25, -0.2) is 14.5 Å². The molecule has 2 aromatic heterocycles. The standard InChI is InChI=1S/C23H23BrCl3N5O3/c1-2-3-4-5-6-10-31(23(34)35)17-12-14(25)11-16(27)20(17)29-22(33)18-13-19(24)30-32(18)21-15(26)8-7-9-28-21/h7-9,11-13H,2-6,10H2,1H3,(H,29,33)(H,34,35). The van der Waals surface area contributed by atoms with E-state index >= 15 is 0 Å².